The van der Waals surface area contributed by atoms with Gasteiger partial charge in [-0.3, -0.25) is 0 Å². The number of alkyl halides is 6. The van der Waals surface area contributed by atoms with Crippen LogP contribution < -0.4 is 0 Å². The summed E-state index contributed by atoms with van der Waals surface area (Å²) in [6, 6.07) is 7.81. The third-order valence-corrected chi connectivity index (χ3v) is 5.33. The van der Waals surface area contributed by atoms with Gasteiger partial charge in [-0.15, -0.1) is 0 Å². The molecule has 2 aromatic carbocycles. The quantitative estimate of drug-likeness (QED) is 0.543. The smallest absolute Gasteiger partial charge is 0.421 e. The molecule has 30 heavy (non-hydrogen) atoms. The van der Waals surface area contributed by atoms with Gasteiger partial charge in [-0.25, -0.2) is 0 Å². The molecule has 0 aliphatic carbocycles. The van der Waals surface area contributed by atoms with Crippen molar-refractivity contribution >= 4 is 0 Å². The lowest BCUT2D eigenvalue weighted by molar-refractivity contribution is -0.272. The standard InChI is InChI=1S/2C10H9F3O2/c2*1-9(10(11,12)13)8-4-7(14)3-2-6(8)5-15-9/h2*2-4,14H,5H2,1H3. The molecule has 2 aliphatic heterocycles. The Hall–Kier alpha value is -2.46. The van der Waals surface area contributed by atoms with Crippen molar-refractivity contribution in [1.82, 2.24) is 0 Å². The van der Waals surface area contributed by atoms with Crippen LogP contribution in [-0.2, 0) is 33.9 Å². The number of rotatable bonds is 0. The Balaban J connectivity index is 0.000000171. The minimum atomic E-state index is -4.48. The Labute approximate surface area is 167 Å². The summed E-state index contributed by atoms with van der Waals surface area (Å²) in [6.07, 6.45) is -8.96. The molecule has 2 heterocycles. The molecule has 4 nitrogen and oxygen atoms in total. The molecular weight excluding hydrogens is 418 g/mol. The topological polar surface area (TPSA) is 58.9 Å². The number of fused-ring (bicyclic) bond motifs is 2. The third kappa shape index (κ3) is 3.58. The highest BCUT2D eigenvalue weighted by Crippen LogP contribution is 2.49. The van der Waals surface area contributed by atoms with E-state index < -0.39 is 23.6 Å². The van der Waals surface area contributed by atoms with E-state index >= 15 is 0 Å². The number of ether oxygens (including phenoxy) is 2. The van der Waals surface area contributed by atoms with Crippen molar-refractivity contribution in [3.63, 3.8) is 0 Å². The number of benzene rings is 2. The molecule has 0 aromatic heterocycles. The van der Waals surface area contributed by atoms with Crippen LogP contribution in [-0.4, -0.2) is 22.6 Å². The normalized spacial score (nSPS) is 25.3. The first kappa shape index (κ1) is 22.2. The van der Waals surface area contributed by atoms with Crippen LogP contribution in [0.4, 0.5) is 26.3 Å². The molecule has 0 saturated carbocycles. The lowest BCUT2D eigenvalue weighted by atomic mass is 9.93. The van der Waals surface area contributed by atoms with E-state index in [1.165, 1.54) is 24.3 Å². The Morgan fingerprint density at radius 3 is 1.33 bits per heavy atom. The van der Waals surface area contributed by atoms with Gasteiger partial charge >= 0.3 is 12.4 Å². The van der Waals surface area contributed by atoms with E-state index in [1.807, 2.05) is 0 Å². The fourth-order valence-corrected chi connectivity index (χ4v) is 3.34. The van der Waals surface area contributed by atoms with Gasteiger partial charge in [0.25, 0.3) is 0 Å². The van der Waals surface area contributed by atoms with Crippen molar-refractivity contribution in [2.75, 3.05) is 0 Å². The van der Waals surface area contributed by atoms with E-state index in [0.717, 1.165) is 26.0 Å². The SMILES string of the molecule is CC1(C(F)(F)F)OCc2ccc(O)cc21.CC1(C(F)(F)F)OCc2ccc(O)cc21. The fraction of sp³-hybridized carbons (Fsp3) is 0.400. The maximum absolute atomic E-state index is 12.7. The van der Waals surface area contributed by atoms with Crippen molar-refractivity contribution < 1.29 is 46.0 Å². The molecule has 0 saturated heterocycles. The number of aromatic hydroxyl groups is 2. The monoisotopic (exact) mass is 436 g/mol. The zero-order valence-corrected chi connectivity index (χ0v) is 15.9. The van der Waals surface area contributed by atoms with Gasteiger partial charge in [0.05, 0.1) is 13.2 Å². The third-order valence-electron chi connectivity index (χ3n) is 5.33. The van der Waals surface area contributed by atoms with E-state index in [4.69, 9.17) is 9.47 Å². The fourth-order valence-electron chi connectivity index (χ4n) is 3.34. The minimum absolute atomic E-state index is 0.00463. The minimum Gasteiger partial charge on any atom is -0.508 e. The first-order valence-corrected chi connectivity index (χ1v) is 8.75. The molecule has 0 spiro atoms. The molecule has 0 fully saturated rings. The van der Waals surface area contributed by atoms with Gasteiger partial charge in [-0.1, -0.05) is 12.1 Å². The van der Waals surface area contributed by atoms with Gasteiger partial charge in [0, 0.05) is 11.1 Å². The van der Waals surface area contributed by atoms with E-state index in [0.29, 0.717) is 11.1 Å². The van der Waals surface area contributed by atoms with E-state index in [2.05, 4.69) is 0 Å². The van der Waals surface area contributed by atoms with Crippen LogP contribution in [0.25, 0.3) is 0 Å². The van der Waals surface area contributed by atoms with Crippen LogP contribution in [0.3, 0.4) is 0 Å². The van der Waals surface area contributed by atoms with E-state index in [1.54, 1.807) is 0 Å². The summed E-state index contributed by atoms with van der Waals surface area (Å²) in [5.41, 5.74) is -3.69. The molecular formula is C20H18F6O4. The van der Waals surface area contributed by atoms with Gasteiger partial charge in [0.1, 0.15) is 11.5 Å². The van der Waals surface area contributed by atoms with Crippen LogP contribution >= 0.6 is 0 Å². The Morgan fingerprint density at radius 2 is 1.03 bits per heavy atom. The molecule has 0 bridgehead atoms. The van der Waals surface area contributed by atoms with Crippen molar-refractivity contribution in [2.24, 2.45) is 0 Å². The second kappa shape index (κ2) is 7.05. The maximum Gasteiger partial charge on any atom is 0.421 e. The zero-order chi connectivity index (χ0) is 22.5. The Bertz CT molecular complexity index is 878. The highest BCUT2D eigenvalue weighted by Gasteiger charge is 2.58. The molecule has 2 aliphatic rings. The van der Waals surface area contributed by atoms with Crippen molar-refractivity contribution in [3.05, 3.63) is 58.7 Å². The number of hydrogen-bond acceptors (Lipinski definition) is 4. The van der Waals surface area contributed by atoms with Crippen molar-refractivity contribution in [3.8, 4) is 11.5 Å². The average Bonchev–Trinajstić information content (AvgIpc) is 3.15. The highest BCUT2D eigenvalue weighted by molar-refractivity contribution is 5.42. The predicted octanol–water partition coefficient (Wildman–Crippen LogP) is 5.40. The van der Waals surface area contributed by atoms with Crippen LogP contribution in [0.5, 0.6) is 11.5 Å². The highest BCUT2D eigenvalue weighted by atomic mass is 19.4. The number of hydrogen-bond donors (Lipinski definition) is 2. The summed E-state index contributed by atoms with van der Waals surface area (Å²) in [5, 5.41) is 18.3. The molecule has 0 amide bonds. The van der Waals surface area contributed by atoms with Gasteiger partial charge in [0.2, 0.25) is 0 Å². The van der Waals surface area contributed by atoms with Crippen LogP contribution in [0, 0.1) is 0 Å². The van der Waals surface area contributed by atoms with E-state index in [9.17, 15) is 36.6 Å². The van der Waals surface area contributed by atoms with Crippen molar-refractivity contribution in [2.45, 2.75) is 50.6 Å². The summed E-state index contributed by atoms with van der Waals surface area (Å²) in [7, 11) is 0. The molecule has 2 aromatic rings. The molecule has 10 heteroatoms. The van der Waals surface area contributed by atoms with Crippen LogP contribution in [0.15, 0.2) is 36.4 Å². The van der Waals surface area contributed by atoms with Crippen LogP contribution in [0.1, 0.15) is 36.1 Å². The Kier molecular flexibility index (Phi) is 5.23. The maximum atomic E-state index is 12.7. The van der Waals surface area contributed by atoms with Gasteiger partial charge in [-0.2, -0.15) is 26.3 Å². The molecule has 164 valence electrons. The summed E-state index contributed by atoms with van der Waals surface area (Å²) in [5.74, 6) is -0.371. The first-order valence-electron chi connectivity index (χ1n) is 8.75. The largest absolute Gasteiger partial charge is 0.508 e. The number of phenolic OH excluding ortho intramolecular Hbond substituents is 2. The molecule has 2 unspecified atom stereocenters. The zero-order valence-electron chi connectivity index (χ0n) is 15.9. The molecule has 2 atom stereocenters. The lowest BCUT2D eigenvalue weighted by Gasteiger charge is -2.27. The Morgan fingerprint density at radius 1 is 0.700 bits per heavy atom. The molecule has 2 N–H and O–H groups in total. The number of halogens is 6. The average molecular weight is 436 g/mol. The summed E-state index contributed by atoms with van der Waals surface area (Å²) >= 11 is 0. The predicted molar refractivity (Wildman–Crippen MR) is 92.6 cm³/mol. The van der Waals surface area contributed by atoms with Gasteiger partial charge in [-0.05, 0) is 49.2 Å². The van der Waals surface area contributed by atoms with Crippen LogP contribution in [0.2, 0.25) is 0 Å². The van der Waals surface area contributed by atoms with Gasteiger partial charge in [0.15, 0.2) is 11.2 Å². The van der Waals surface area contributed by atoms with E-state index in [-0.39, 0.29) is 35.8 Å². The second-order valence-corrected chi connectivity index (χ2v) is 7.32. The van der Waals surface area contributed by atoms with Gasteiger partial charge < -0.3 is 19.7 Å². The molecule has 4 rings (SSSR count). The summed E-state index contributed by atoms with van der Waals surface area (Å²) in [4.78, 5) is 0. The molecule has 0 radical (unpaired) electrons. The first-order chi connectivity index (χ1) is 13.7. The summed E-state index contributed by atoms with van der Waals surface area (Å²) in [6.45, 7) is 1.79. The summed E-state index contributed by atoms with van der Waals surface area (Å²) < 4.78 is 86.1. The number of phenols is 2. The lowest BCUT2D eigenvalue weighted by Crippen LogP contribution is -2.38. The van der Waals surface area contributed by atoms with Crippen molar-refractivity contribution in [1.29, 1.82) is 0 Å². The second-order valence-electron chi connectivity index (χ2n) is 7.32.